The molecule has 2 aliphatic heterocycles. The van der Waals surface area contributed by atoms with Crippen LogP contribution in [0.2, 0.25) is 0 Å². The van der Waals surface area contributed by atoms with Crippen molar-refractivity contribution in [1.29, 1.82) is 0 Å². The van der Waals surface area contributed by atoms with Gasteiger partial charge in [0.15, 0.2) is 0 Å². The van der Waals surface area contributed by atoms with Crippen LogP contribution in [0.5, 0.6) is 0 Å². The lowest BCUT2D eigenvalue weighted by Gasteiger charge is -2.40. The molecule has 0 aliphatic carbocycles. The molecule has 120 valence electrons. The quantitative estimate of drug-likeness (QED) is 0.634. The van der Waals surface area contributed by atoms with Gasteiger partial charge in [0.1, 0.15) is 0 Å². The summed E-state index contributed by atoms with van der Waals surface area (Å²) in [5.41, 5.74) is 1.29. The maximum atomic E-state index is 10.8. The fourth-order valence-corrected chi connectivity index (χ4v) is 3.73. The normalized spacial score (nSPS) is 24.0. The van der Waals surface area contributed by atoms with E-state index in [1.807, 2.05) is 12.1 Å². The van der Waals surface area contributed by atoms with E-state index in [1.54, 1.807) is 12.1 Å². The van der Waals surface area contributed by atoms with Gasteiger partial charge in [0.25, 0.3) is 5.69 Å². The van der Waals surface area contributed by atoms with Crippen LogP contribution in [-0.4, -0.2) is 42.0 Å². The lowest BCUT2D eigenvalue weighted by Crippen LogP contribution is -2.48. The Kier molecular flexibility index (Phi) is 4.93. The standard InChI is InChI=1S/C17H25N3O2/c21-20(22)16-9-7-15(8-10-16)19-13-5-6-17(14-19)18-11-3-1-2-4-12-18/h7-10,17H,1-6,11-14H2. The molecule has 2 saturated heterocycles. The topological polar surface area (TPSA) is 49.6 Å². The van der Waals surface area contributed by atoms with Gasteiger partial charge in [-0.25, -0.2) is 0 Å². The number of anilines is 1. The molecule has 5 heteroatoms. The summed E-state index contributed by atoms with van der Waals surface area (Å²) >= 11 is 0. The highest BCUT2D eigenvalue weighted by Crippen LogP contribution is 2.25. The number of hydrogen-bond acceptors (Lipinski definition) is 4. The first-order chi connectivity index (χ1) is 10.7. The van der Waals surface area contributed by atoms with Gasteiger partial charge in [-0.3, -0.25) is 15.0 Å². The minimum Gasteiger partial charge on any atom is -0.370 e. The largest absolute Gasteiger partial charge is 0.370 e. The summed E-state index contributed by atoms with van der Waals surface area (Å²) in [6, 6.07) is 7.66. The number of likely N-dealkylation sites (tertiary alicyclic amines) is 1. The van der Waals surface area contributed by atoms with Gasteiger partial charge >= 0.3 is 0 Å². The lowest BCUT2D eigenvalue weighted by atomic mass is 10.0. The minimum absolute atomic E-state index is 0.171. The van der Waals surface area contributed by atoms with Crippen molar-refractivity contribution in [2.45, 2.75) is 44.6 Å². The van der Waals surface area contributed by atoms with Crippen molar-refractivity contribution in [2.75, 3.05) is 31.1 Å². The van der Waals surface area contributed by atoms with Gasteiger partial charge in [0.05, 0.1) is 4.92 Å². The average molecular weight is 303 g/mol. The van der Waals surface area contributed by atoms with Gasteiger partial charge in [0, 0.05) is 37.0 Å². The zero-order valence-electron chi connectivity index (χ0n) is 13.1. The van der Waals surface area contributed by atoms with E-state index < -0.39 is 0 Å². The number of hydrogen-bond donors (Lipinski definition) is 0. The van der Waals surface area contributed by atoms with Gasteiger partial charge in [-0.05, 0) is 50.9 Å². The van der Waals surface area contributed by atoms with Crippen LogP contribution in [0.1, 0.15) is 38.5 Å². The summed E-state index contributed by atoms with van der Waals surface area (Å²) in [5, 5.41) is 10.8. The summed E-state index contributed by atoms with van der Waals surface area (Å²) in [7, 11) is 0. The van der Waals surface area contributed by atoms with Crippen LogP contribution in [0.15, 0.2) is 24.3 Å². The number of benzene rings is 1. The Balaban J connectivity index is 1.65. The van der Waals surface area contributed by atoms with Gasteiger partial charge < -0.3 is 4.90 Å². The first kappa shape index (κ1) is 15.3. The molecule has 3 rings (SSSR count). The van der Waals surface area contributed by atoms with Crippen LogP contribution >= 0.6 is 0 Å². The van der Waals surface area contributed by atoms with Crippen molar-refractivity contribution < 1.29 is 4.92 Å². The Bertz CT molecular complexity index is 495. The smallest absolute Gasteiger partial charge is 0.269 e. The van der Waals surface area contributed by atoms with E-state index in [1.165, 1.54) is 51.6 Å². The first-order valence-electron chi connectivity index (χ1n) is 8.47. The zero-order valence-corrected chi connectivity index (χ0v) is 13.1. The molecule has 1 atom stereocenters. The third-order valence-corrected chi connectivity index (χ3v) is 4.98. The van der Waals surface area contributed by atoms with Gasteiger partial charge in [-0.15, -0.1) is 0 Å². The van der Waals surface area contributed by atoms with E-state index in [0.717, 1.165) is 18.8 Å². The highest BCUT2D eigenvalue weighted by molar-refractivity contribution is 5.51. The molecule has 22 heavy (non-hydrogen) atoms. The first-order valence-corrected chi connectivity index (χ1v) is 8.47. The fourth-order valence-electron chi connectivity index (χ4n) is 3.73. The Morgan fingerprint density at radius 2 is 1.64 bits per heavy atom. The molecule has 2 fully saturated rings. The van der Waals surface area contributed by atoms with Crippen molar-refractivity contribution in [3.8, 4) is 0 Å². The van der Waals surface area contributed by atoms with E-state index >= 15 is 0 Å². The molecule has 0 spiro atoms. The van der Waals surface area contributed by atoms with Crippen molar-refractivity contribution >= 4 is 11.4 Å². The molecule has 1 unspecified atom stereocenters. The summed E-state index contributed by atoms with van der Waals surface area (Å²) in [5.74, 6) is 0. The van der Waals surface area contributed by atoms with Crippen LogP contribution in [0, 0.1) is 10.1 Å². The van der Waals surface area contributed by atoms with E-state index in [-0.39, 0.29) is 10.6 Å². The second kappa shape index (κ2) is 7.09. The Hall–Kier alpha value is -1.62. The van der Waals surface area contributed by atoms with Gasteiger partial charge in [-0.1, -0.05) is 12.8 Å². The average Bonchev–Trinajstić information content (AvgIpc) is 2.84. The third kappa shape index (κ3) is 3.58. The zero-order chi connectivity index (χ0) is 15.4. The third-order valence-electron chi connectivity index (χ3n) is 4.98. The number of non-ortho nitro benzene ring substituents is 1. The number of piperidine rings is 1. The monoisotopic (exact) mass is 303 g/mol. The van der Waals surface area contributed by atoms with Gasteiger partial charge in [-0.2, -0.15) is 0 Å². The van der Waals surface area contributed by atoms with E-state index in [9.17, 15) is 10.1 Å². The lowest BCUT2D eigenvalue weighted by molar-refractivity contribution is -0.384. The maximum absolute atomic E-state index is 10.8. The Morgan fingerprint density at radius 1 is 0.955 bits per heavy atom. The highest BCUT2D eigenvalue weighted by Gasteiger charge is 2.26. The number of nitro groups is 1. The summed E-state index contributed by atoms with van der Waals surface area (Å²) < 4.78 is 0. The molecule has 0 aromatic heterocycles. The Morgan fingerprint density at radius 3 is 2.27 bits per heavy atom. The molecular weight excluding hydrogens is 278 g/mol. The van der Waals surface area contributed by atoms with Crippen molar-refractivity contribution in [2.24, 2.45) is 0 Å². The summed E-state index contributed by atoms with van der Waals surface area (Å²) in [4.78, 5) is 15.5. The molecular formula is C17H25N3O2. The predicted molar refractivity (Wildman–Crippen MR) is 88.4 cm³/mol. The summed E-state index contributed by atoms with van der Waals surface area (Å²) in [6.45, 7) is 4.58. The van der Waals surface area contributed by atoms with Crippen LogP contribution in [-0.2, 0) is 0 Å². The molecule has 2 heterocycles. The van der Waals surface area contributed by atoms with Crippen molar-refractivity contribution in [1.82, 2.24) is 4.90 Å². The SMILES string of the molecule is O=[N+]([O-])c1ccc(N2CCCC(N3CCCCCC3)C2)cc1. The predicted octanol–water partition coefficient (Wildman–Crippen LogP) is 3.44. The molecule has 0 radical (unpaired) electrons. The highest BCUT2D eigenvalue weighted by atomic mass is 16.6. The molecule has 0 amide bonds. The number of rotatable bonds is 3. The van der Waals surface area contributed by atoms with E-state index in [4.69, 9.17) is 0 Å². The summed E-state index contributed by atoms with van der Waals surface area (Å²) in [6.07, 6.45) is 7.88. The number of nitro benzene ring substituents is 1. The molecule has 0 N–H and O–H groups in total. The van der Waals surface area contributed by atoms with Crippen LogP contribution in [0.25, 0.3) is 0 Å². The van der Waals surface area contributed by atoms with Crippen LogP contribution in [0.4, 0.5) is 11.4 Å². The minimum atomic E-state index is -0.333. The van der Waals surface area contributed by atoms with Crippen LogP contribution in [0.3, 0.4) is 0 Å². The molecule has 0 saturated carbocycles. The van der Waals surface area contributed by atoms with E-state index in [2.05, 4.69) is 9.80 Å². The van der Waals surface area contributed by atoms with Crippen molar-refractivity contribution in [3.05, 3.63) is 34.4 Å². The fraction of sp³-hybridized carbons (Fsp3) is 0.647. The molecule has 1 aromatic rings. The van der Waals surface area contributed by atoms with E-state index in [0.29, 0.717) is 6.04 Å². The maximum Gasteiger partial charge on any atom is 0.269 e. The second-order valence-electron chi connectivity index (χ2n) is 6.47. The Labute approximate surface area is 132 Å². The second-order valence-corrected chi connectivity index (χ2v) is 6.47. The molecule has 1 aromatic carbocycles. The molecule has 0 bridgehead atoms. The number of nitrogens with zero attached hydrogens (tertiary/aromatic N) is 3. The van der Waals surface area contributed by atoms with Gasteiger partial charge in [0.2, 0.25) is 0 Å². The van der Waals surface area contributed by atoms with Crippen molar-refractivity contribution in [3.63, 3.8) is 0 Å². The van der Waals surface area contributed by atoms with Crippen LogP contribution < -0.4 is 4.90 Å². The molecule has 2 aliphatic rings. The molecule has 5 nitrogen and oxygen atoms in total.